The van der Waals surface area contributed by atoms with Crippen LogP contribution in [-0.4, -0.2) is 16.3 Å². The van der Waals surface area contributed by atoms with E-state index in [0.717, 1.165) is 6.42 Å². The summed E-state index contributed by atoms with van der Waals surface area (Å²) < 4.78 is 2.59. The lowest BCUT2D eigenvalue weighted by Gasteiger charge is -2.29. The molecule has 0 fully saturated rings. The zero-order valence-corrected chi connectivity index (χ0v) is 23.8. The number of aromatic nitrogens is 1. The molecule has 7 rings (SSSR count). The van der Waals surface area contributed by atoms with E-state index in [4.69, 9.17) is 0 Å². The van der Waals surface area contributed by atoms with Crippen LogP contribution in [0.1, 0.15) is 61.4 Å². The Balaban J connectivity index is 1.64. The van der Waals surface area contributed by atoms with Crippen molar-refractivity contribution in [2.75, 3.05) is 7.05 Å². The van der Waals surface area contributed by atoms with Crippen molar-refractivity contribution in [3.63, 3.8) is 0 Å². The van der Waals surface area contributed by atoms with Gasteiger partial charge in [0.05, 0.1) is 22.6 Å². The molecule has 2 unspecified atom stereocenters. The van der Waals surface area contributed by atoms with Crippen LogP contribution in [0.2, 0.25) is 0 Å². The van der Waals surface area contributed by atoms with Crippen LogP contribution in [0.5, 0.6) is 0 Å². The summed E-state index contributed by atoms with van der Waals surface area (Å²) in [5, 5.41) is 5.38. The minimum Gasteiger partial charge on any atom is -0.370 e. The van der Waals surface area contributed by atoms with E-state index in [2.05, 4.69) is 136 Å². The summed E-state index contributed by atoms with van der Waals surface area (Å²) in [5.41, 5.74) is 13.5. The van der Waals surface area contributed by atoms with Crippen molar-refractivity contribution >= 4 is 38.1 Å². The second-order valence-electron chi connectivity index (χ2n) is 11.7. The molecule has 194 valence electrons. The lowest BCUT2D eigenvalue weighted by molar-refractivity contribution is 0.385. The highest BCUT2D eigenvalue weighted by molar-refractivity contribution is 6.25. The topological polar surface area (TPSA) is 7.65 Å². The second-order valence-corrected chi connectivity index (χ2v) is 11.7. The molecule has 2 aromatic heterocycles. The van der Waals surface area contributed by atoms with Crippen LogP contribution in [0.4, 0.5) is 0 Å². The Labute approximate surface area is 231 Å². The average molecular weight is 509 g/mol. The number of nitrogens with zero attached hydrogens (tertiary/aromatic N) is 2. The molecule has 0 amide bonds. The Kier molecular flexibility index (Phi) is 5.39. The van der Waals surface area contributed by atoms with Crippen LogP contribution in [0.25, 0.3) is 49.2 Å². The largest absolute Gasteiger partial charge is 0.370 e. The zero-order chi connectivity index (χ0) is 27.0. The number of allylic oxidation sites excluding steroid dienone is 2. The normalized spacial score (nSPS) is 16.7. The first-order valence-corrected chi connectivity index (χ1v) is 14.3. The Hall–Kier alpha value is -4.04. The van der Waals surface area contributed by atoms with Gasteiger partial charge >= 0.3 is 0 Å². The Bertz CT molecular complexity index is 1970. The van der Waals surface area contributed by atoms with Gasteiger partial charge in [-0.1, -0.05) is 80.6 Å². The number of aryl methyl sites for hydroxylation is 2. The predicted molar refractivity (Wildman–Crippen MR) is 168 cm³/mol. The quantitative estimate of drug-likeness (QED) is 0.230. The van der Waals surface area contributed by atoms with Crippen molar-refractivity contribution in [1.82, 2.24) is 9.30 Å². The first-order chi connectivity index (χ1) is 18.9. The molecule has 0 saturated carbocycles. The van der Waals surface area contributed by atoms with E-state index in [1.807, 2.05) is 0 Å². The molecule has 0 spiro atoms. The van der Waals surface area contributed by atoms with Crippen molar-refractivity contribution in [1.29, 1.82) is 0 Å². The molecule has 0 bridgehead atoms. The number of likely N-dealkylation sites (N-methyl/N-ethyl adjacent to an activating group) is 1. The van der Waals surface area contributed by atoms with E-state index in [1.54, 1.807) is 0 Å². The highest BCUT2D eigenvalue weighted by Gasteiger charge is 2.25. The summed E-state index contributed by atoms with van der Waals surface area (Å²) in [6.45, 7) is 11.4. The minimum absolute atomic E-state index is 0.245. The summed E-state index contributed by atoms with van der Waals surface area (Å²) in [6, 6.07) is 25.7. The van der Waals surface area contributed by atoms with Gasteiger partial charge in [0.15, 0.2) is 0 Å². The third kappa shape index (κ3) is 3.40. The van der Waals surface area contributed by atoms with Crippen molar-refractivity contribution in [3.05, 3.63) is 113 Å². The minimum atomic E-state index is 0.245. The summed E-state index contributed by atoms with van der Waals surface area (Å²) in [4.78, 5) is 2.34. The van der Waals surface area contributed by atoms with E-state index in [9.17, 15) is 0 Å². The van der Waals surface area contributed by atoms with Gasteiger partial charge in [0.25, 0.3) is 0 Å². The molecular formula is C37H36N2. The lowest BCUT2D eigenvalue weighted by atomic mass is 9.86. The number of benzene rings is 4. The van der Waals surface area contributed by atoms with E-state index in [0.29, 0.717) is 5.92 Å². The van der Waals surface area contributed by atoms with Crippen molar-refractivity contribution in [3.8, 4) is 11.1 Å². The number of para-hydroxylation sites is 1. The number of hydrogen-bond acceptors (Lipinski definition) is 1. The molecule has 2 atom stereocenters. The van der Waals surface area contributed by atoms with Crippen LogP contribution in [0, 0.1) is 13.8 Å². The number of rotatable bonds is 4. The molecule has 4 aromatic carbocycles. The van der Waals surface area contributed by atoms with Gasteiger partial charge in [0.2, 0.25) is 0 Å². The fourth-order valence-corrected chi connectivity index (χ4v) is 6.97. The maximum Gasteiger partial charge on any atom is 0.0723 e. The highest BCUT2D eigenvalue weighted by atomic mass is 15.1. The van der Waals surface area contributed by atoms with Gasteiger partial charge < -0.3 is 9.30 Å². The van der Waals surface area contributed by atoms with E-state index < -0.39 is 0 Å². The highest BCUT2D eigenvalue weighted by Crippen LogP contribution is 2.46. The van der Waals surface area contributed by atoms with Gasteiger partial charge in [-0.2, -0.15) is 0 Å². The molecule has 2 heteroatoms. The molecular weight excluding hydrogens is 472 g/mol. The second kappa shape index (κ2) is 8.74. The molecule has 2 nitrogen and oxygen atoms in total. The smallest absolute Gasteiger partial charge is 0.0723 e. The summed E-state index contributed by atoms with van der Waals surface area (Å²) in [6.07, 6.45) is 7.95. The SMILES string of the molecule is CCC(C)c1ccc2c3cccc4c5cc(C6C=CC(C)=CN6C)c(C)cc5n(c2c1-c1ccccc1C)c43. The maximum atomic E-state index is 2.59. The van der Waals surface area contributed by atoms with E-state index in [-0.39, 0.29) is 6.04 Å². The van der Waals surface area contributed by atoms with E-state index in [1.165, 1.54) is 77.0 Å². The van der Waals surface area contributed by atoms with Crippen LogP contribution < -0.4 is 0 Å². The molecule has 0 radical (unpaired) electrons. The van der Waals surface area contributed by atoms with Gasteiger partial charge in [-0.15, -0.1) is 0 Å². The zero-order valence-electron chi connectivity index (χ0n) is 23.8. The van der Waals surface area contributed by atoms with Crippen LogP contribution in [0.3, 0.4) is 0 Å². The summed E-state index contributed by atoms with van der Waals surface area (Å²) in [7, 11) is 2.19. The maximum absolute atomic E-state index is 2.59. The molecule has 1 aliphatic heterocycles. The Morgan fingerprint density at radius 2 is 1.54 bits per heavy atom. The van der Waals surface area contributed by atoms with Crippen molar-refractivity contribution in [2.45, 2.75) is 53.0 Å². The number of hydrogen-bond donors (Lipinski definition) is 0. The molecule has 0 N–H and O–H groups in total. The summed E-state index contributed by atoms with van der Waals surface area (Å²) in [5.74, 6) is 0.476. The van der Waals surface area contributed by atoms with Crippen LogP contribution in [0.15, 0.2) is 90.7 Å². The summed E-state index contributed by atoms with van der Waals surface area (Å²) >= 11 is 0. The Morgan fingerprint density at radius 3 is 2.28 bits per heavy atom. The standard InChI is InChI=1S/C37H36N2/c1-7-23(3)27-16-17-30-28-13-10-14-29-32-20-31(33-18-15-22(2)21-38(33)6)25(5)19-34(32)39(36(28)29)37(30)35(27)26-12-9-8-11-24(26)4/h8-21,23,33H,7H2,1-6H3. The first-order valence-electron chi connectivity index (χ1n) is 14.3. The molecule has 1 aliphatic rings. The molecule has 39 heavy (non-hydrogen) atoms. The van der Waals surface area contributed by atoms with Gasteiger partial charge in [-0.3, -0.25) is 0 Å². The lowest BCUT2D eigenvalue weighted by Crippen LogP contribution is -2.20. The first kappa shape index (κ1) is 24.0. The van der Waals surface area contributed by atoms with E-state index >= 15 is 0 Å². The number of fused-ring (bicyclic) bond motifs is 6. The van der Waals surface area contributed by atoms with Crippen LogP contribution in [-0.2, 0) is 0 Å². The van der Waals surface area contributed by atoms with Gasteiger partial charge in [-0.25, -0.2) is 0 Å². The Morgan fingerprint density at radius 1 is 0.795 bits per heavy atom. The van der Waals surface area contributed by atoms with Gasteiger partial charge in [-0.05, 0) is 78.6 Å². The van der Waals surface area contributed by atoms with Gasteiger partial charge in [0.1, 0.15) is 0 Å². The molecule has 3 heterocycles. The fraction of sp³-hybridized carbons (Fsp3) is 0.243. The molecule has 6 aromatic rings. The third-order valence-corrected chi connectivity index (χ3v) is 9.16. The van der Waals surface area contributed by atoms with Crippen molar-refractivity contribution in [2.24, 2.45) is 0 Å². The average Bonchev–Trinajstić information content (AvgIpc) is 3.44. The predicted octanol–water partition coefficient (Wildman–Crippen LogP) is 10.1. The van der Waals surface area contributed by atoms with Crippen molar-refractivity contribution < 1.29 is 0 Å². The monoisotopic (exact) mass is 508 g/mol. The molecule has 0 saturated heterocycles. The third-order valence-electron chi connectivity index (χ3n) is 9.16. The molecule has 0 aliphatic carbocycles. The van der Waals surface area contributed by atoms with Gasteiger partial charge in [0, 0.05) is 40.4 Å². The fourth-order valence-electron chi connectivity index (χ4n) is 6.97. The van der Waals surface area contributed by atoms with Crippen LogP contribution >= 0.6 is 0 Å².